The zero-order valence-corrected chi connectivity index (χ0v) is 12.2. The van der Waals surface area contributed by atoms with Gasteiger partial charge in [-0.3, -0.25) is 4.79 Å². The molecule has 1 aliphatic rings. The highest BCUT2D eigenvalue weighted by Gasteiger charge is 2.34. The van der Waals surface area contributed by atoms with Crippen LogP contribution in [-0.2, 0) is 0 Å². The third-order valence-electron chi connectivity index (χ3n) is 3.74. The molecule has 104 valence electrons. The Balaban J connectivity index is 2.16. The van der Waals surface area contributed by atoms with E-state index in [1.807, 2.05) is 0 Å². The van der Waals surface area contributed by atoms with Crippen LogP contribution in [0.1, 0.15) is 37.6 Å². The molecule has 19 heavy (non-hydrogen) atoms. The fourth-order valence-electron chi connectivity index (χ4n) is 2.39. The van der Waals surface area contributed by atoms with Crippen molar-refractivity contribution < 1.29 is 9.18 Å². The van der Waals surface area contributed by atoms with Crippen LogP contribution in [0.5, 0.6) is 0 Å². The van der Waals surface area contributed by atoms with Gasteiger partial charge in [0.05, 0.1) is 11.8 Å². The third-order valence-corrected chi connectivity index (χ3v) is 4.04. The van der Waals surface area contributed by atoms with Gasteiger partial charge in [0.25, 0.3) is 5.91 Å². The highest BCUT2D eigenvalue weighted by atomic mass is 35.5. The lowest BCUT2D eigenvalue weighted by molar-refractivity contribution is 0.0776. The van der Waals surface area contributed by atoms with E-state index in [1.165, 1.54) is 0 Å². The monoisotopic (exact) mass is 284 g/mol. The zero-order chi connectivity index (χ0) is 14.2. The molecule has 1 aromatic rings. The van der Waals surface area contributed by atoms with Crippen molar-refractivity contribution in [3.05, 3.63) is 28.8 Å². The number of nitrogens with zero attached hydrogens (tertiary/aromatic N) is 2. The summed E-state index contributed by atoms with van der Waals surface area (Å²) in [6.07, 6.45) is 1.98. The molecule has 1 aliphatic heterocycles. The largest absolute Gasteiger partial charge is 0.338 e. The molecule has 0 spiro atoms. The number of amides is 1. The maximum absolute atomic E-state index is 13.2. The molecule has 0 aromatic carbocycles. The lowest BCUT2D eigenvalue weighted by atomic mass is 9.80. The predicted octanol–water partition coefficient (Wildman–Crippen LogP) is 3.38. The van der Waals surface area contributed by atoms with Crippen molar-refractivity contribution >= 4 is 17.5 Å². The highest BCUT2D eigenvalue weighted by molar-refractivity contribution is 6.32. The summed E-state index contributed by atoms with van der Waals surface area (Å²) in [7, 11) is 0. The molecule has 1 unspecified atom stereocenters. The van der Waals surface area contributed by atoms with Gasteiger partial charge in [-0.2, -0.15) is 0 Å². The molecule has 1 atom stereocenters. The van der Waals surface area contributed by atoms with E-state index in [0.29, 0.717) is 19.0 Å². The number of carbonyl (C=O) groups is 1. The van der Waals surface area contributed by atoms with Gasteiger partial charge in [0.1, 0.15) is 11.0 Å². The number of carbonyl (C=O) groups excluding carboxylic acids is 1. The molecule has 2 rings (SSSR count). The highest BCUT2D eigenvalue weighted by Crippen LogP contribution is 2.34. The fourth-order valence-corrected chi connectivity index (χ4v) is 2.58. The molecule has 5 heteroatoms. The second-order valence-corrected chi connectivity index (χ2v) is 6.45. The molecule has 2 heterocycles. The lowest BCUT2D eigenvalue weighted by Crippen LogP contribution is -2.31. The Bertz CT molecular complexity index is 499. The average Bonchev–Trinajstić information content (AvgIpc) is 2.80. The molecule has 1 saturated heterocycles. The van der Waals surface area contributed by atoms with Crippen LogP contribution in [0.2, 0.25) is 5.15 Å². The summed E-state index contributed by atoms with van der Waals surface area (Å²) in [6.45, 7) is 7.88. The Morgan fingerprint density at radius 2 is 2.21 bits per heavy atom. The summed E-state index contributed by atoms with van der Waals surface area (Å²) >= 11 is 5.87. The van der Waals surface area contributed by atoms with Gasteiger partial charge in [0.2, 0.25) is 0 Å². The van der Waals surface area contributed by atoms with Gasteiger partial charge in [0.15, 0.2) is 0 Å². The summed E-state index contributed by atoms with van der Waals surface area (Å²) in [4.78, 5) is 17.7. The summed E-state index contributed by atoms with van der Waals surface area (Å²) in [5.74, 6) is -0.320. The third kappa shape index (κ3) is 3.06. The van der Waals surface area contributed by atoms with Crippen molar-refractivity contribution in [1.29, 1.82) is 0 Å². The Hall–Kier alpha value is -1.16. The van der Waals surface area contributed by atoms with Crippen molar-refractivity contribution in [1.82, 2.24) is 9.88 Å². The van der Waals surface area contributed by atoms with Crippen LogP contribution < -0.4 is 0 Å². The quantitative estimate of drug-likeness (QED) is 0.741. The van der Waals surface area contributed by atoms with Gasteiger partial charge in [-0.25, -0.2) is 9.37 Å². The van der Waals surface area contributed by atoms with Crippen molar-refractivity contribution in [3.63, 3.8) is 0 Å². The molecule has 1 aromatic heterocycles. The summed E-state index contributed by atoms with van der Waals surface area (Å²) in [5.41, 5.74) is 0.315. The fraction of sp³-hybridized carbons (Fsp3) is 0.571. The van der Waals surface area contributed by atoms with E-state index in [2.05, 4.69) is 25.8 Å². The normalized spacial score (nSPS) is 19.8. The minimum absolute atomic E-state index is 0.0607. The van der Waals surface area contributed by atoms with Gasteiger partial charge in [0, 0.05) is 13.1 Å². The first-order chi connectivity index (χ1) is 8.79. The number of pyridine rings is 1. The Kier molecular flexibility index (Phi) is 3.81. The summed E-state index contributed by atoms with van der Waals surface area (Å²) in [5, 5.41) is 0.0607. The van der Waals surface area contributed by atoms with E-state index in [-0.39, 0.29) is 22.0 Å². The van der Waals surface area contributed by atoms with Gasteiger partial charge < -0.3 is 4.90 Å². The first kappa shape index (κ1) is 14.3. The van der Waals surface area contributed by atoms with Crippen molar-refractivity contribution in [3.8, 4) is 0 Å². The molecule has 0 N–H and O–H groups in total. The molecular formula is C14H18ClFN2O. The van der Waals surface area contributed by atoms with E-state index in [0.717, 1.165) is 18.7 Å². The Labute approximate surface area is 117 Å². The van der Waals surface area contributed by atoms with Crippen LogP contribution in [0.3, 0.4) is 0 Å². The smallest absolute Gasteiger partial charge is 0.257 e. The molecule has 1 fully saturated rings. The van der Waals surface area contributed by atoms with Crippen LogP contribution in [-0.4, -0.2) is 28.9 Å². The van der Waals surface area contributed by atoms with E-state index in [4.69, 9.17) is 11.6 Å². The van der Waals surface area contributed by atoms with Crippen LogP contribution >= 0.6 is 11.6 Å². The van der Waals surface area contributed by atoms with Gasteiger partial charge in [-0.15, -0.1) is 0 Å². The number of rotatable bonds is 1. The van der Waals surface area contributed by atoms with E-state index in [9.17, 15) is 9.18 Å². The van der Waals surface area contributed by atoms with Gasteiger partial charge >= 0.3 is 0 Å². The molecule has 0 aliphatic carbocycles. The number of halogens is 2. The number of hydrogen-bond acceptors (Lipinski definition) is 2. The van der Waals surface area contributed by atoms with Crippen LogP contribution in [0, 0.1) is 17.2 Å². The molecule has 0 bridgehead atoms. The number of aromatic nitrogens is 1. The second kappa shape index (κ2) is 5.08. The SMILES string of the molecule is CC(C)(C)C1CCN(C(=O)c2cc(F)cnc2Cl)C1. The van der Waals surface area contributed by atoms with Crippen molar-refractivity contribution in [2.45, 2.75) is 27.2 Å². The maximum atomic E-state index is 13.2. The van der Waals surface area contributed by atoms with Crippen LogP contribution in [0.15, 0.2) is 12.3 Å². The standard InChI is InChI=1S/C14H18ClFN2O/c1-14(2,3)9-4-5-18(8-9)13(19)11-6-10(16)7-17-12(11)15/h6-7,9H,4-5,8H2,1-3H3. The topological polar surface area (TPSA) is 33.2 Å². The first-order valence-corrected chi connectivity index (χ1v) is 6.77. The molecule has 1 amide bonds. The Morgan fingerprint density at radius 1 is 1.53 bits per heavy atom. The summed E-state index contributed by atoms with van der Waals surface area (Å²) in [6, 6.07) is 1.15. The first-order valence-electron chi connectivity index (χ1n) is 6.39. The molecule has 0 radical (unpaired) electrons. The second-order valence-electron chi connectivity index (χ2n) is 6.09. The molecule has 3 nitrogen and oxygen atoms in total. The van der Waals surface area contributed by atoms with Gasteiger partial charge in [-0.05, 0) is 23.8 Å². The van der Waals surface area contributed by atoms with E-state index in [1.54, 1.807) is 4.90 Å². The summed E-state index contributed by atoms with van der Waals surface area (Å²) < 4.78 is 13.2. The zero-order valence-electron chi connectivity index (χ0n) is 11.4. The number of likely N-dealkylation sites (tertiary alicyclic amines) is 1. The molecular weight excluding hydrogens is 267 g/mol. The maximum Gasteiger partial charge on any atom is 0.257 e. The van der Waals surface area contributed by atoms with E-state index >= 15 is 0 Å². The van der Waals surface area contributed by atoms with Crippen LogP contribution in [0.4, 0.5) is 4.39 Å². The van der Waals surface area contributed by atoms with Crippen LogP contribution in [0.25, 0.3) is 0 Å². The van der Waals surface area contributed by atoms with E-state index < -0.39 is 5.82 Å². The minimum atomic E-state index is -0.542. The lowest BCUT2D eigenvalue weighted by Gasteiger charge is -2.27. The van der Waals surface area contributed by atoms with Crippen molar-refractivity contribution in [2.24, 2.45) is 11.3 Å². The van der Waals surface area contributed by atoms with Gasteiger partial charge in [-0.1, -0.05) is 32.4 Å². The average molecular weight is 285 g/mol. The predicted molar refractivity (Wildman–Crippen MR) is 72.7 cm³/mol. The Morgan fingerprint density at radius 3 is 2.79 bits per heavy atom. The minimum Gasteiger partial charge on any atom is -0.338 e. The molecule has 0 saturated carbocycles. The number of hydrogen-bond donors (Lipinski definition) is 0. The van der Waals surface area contributed by atoms with Crippen molar-refractivity contribution in [2.75, 3.05) is 13.1 Å².